The number of ether oxygens (including phenoxy) is 3. The van der Waals surface area contributed by atoms with Crippen molar-refractivity contribution in [1.82, 2.24) is 14.8 Å². The molecule has 2 heterocycles. The fourth-order valence-electron chi connectivity index (χ4n) is 4.27. The maximum atomic E-state index is 12.9. The summed E-state index contributed by atoms with van der Waals surface area (Å²) in [5, 5.41) is 4.70. The third kappa shape index (κ3) is 7.26. The number of benzene rings is 1. The molecule has 0 saturated heterocycles. The second-order valence-electron chi connectivity index (χ2n) is 8.78. The van der Waals surface area contributed by atoms with Crippen LogP contribution in [0, 0.1) is 0 Å². The van der Waals surface area contributed by atoms with Crippen LogP contribution in [0.4, 0.5) is 13.2 Å². The molecule has 7 nitrogen and oxygen atoms in total. The number of hydrogen-bond donors (Lipinski definition) is 0. The number of aryl methyl sites for hydroxylation is 1. The molecule has 0 N–H and O–H groups in total. The molecule has 0 aliphatic heterocycles. The second kappa shape index (κ2) is 13.3. The average molecular weight is 534 g/mol. The first-order valence-electron chi connectivity index (χ1n) is 12.8. The first kappa shape index (κ1) is 29.0. The molecule has 0 aliphatic rings. The fraction of sp³-hybridized carbons (Fsp3) is 0.464. The van der Waals surface area contributed by atoms with Gasteiger partial charge in [0.15, 0.2) is 17.3 Å². The fourth-order valence-corrected chi connectivity index (χ4v) is 4.27. The summed E-state index contributed by atoms with van der Waals surface area (Å²) in [6, 6.07) is 7.71. The number of rotatable bonds is 13. The molecule has 0 saturated carbocycles. The molecular formula is C28H34F3N3O4. The Bertz CT molecular complexity index is 1190. The monoisotopic (exact) mass is 533 g/mol. The first-order chi connectivity index (χ1) is 18.2. The third-order valence-electron chi connectivity index (χ3n) is 6.26. The first-order valence-corrected chi connectivity index (χ1v) is 12.8. The molecule has 0 unspecified atom stereocenters. The van der Waals surface area contributed by atoms with Gasteiger partial charge in [-0.15, -0.1) is 0 Å². The van der Waals surface area contributed by atoms with Crippen molar-refractivity contribution >= 4 is 5.97 Å². The number of alkyl halides is 3. The van der Waals surface area contributed by atoms with Crippen molar-refractivity contribution in [2.75, 3.05) is 20.3 Å². The van der Waals surface area contributed by atoms with Gasteiger partial charge >= 0.3 is 12.1 Å². The Balaban J connectivity index is 1.76. The Hall–Kier alpha value is -3.56. The van der Waals surface area contributed by atoms with E-state index in [0.717, 1.165) is 36.4 Å². The lowest BCUT2D eigenvalue weighted by Crippen LogP contribution is -2.10. The Morgan fingerprint density at radius 2 is 1.84 bits per heavy atom. The summed E-state index contributed by atoms with van der Waals surface area (Å²) in [7, 11) is 1.54. The van der Waals surface area contributed by atoms with E-state index in [1.165, 1.54) is 6.07 Å². The van der Waals surface area contributed by atoms with Crippen LogP contribution in [0.2, 0.25) is 0 Å². The minimum atomic E-state index is -4.45. The Morgan fingerprint density at radius 1 is 1.08 bits per heavy atom. The number of nitrogens with zero attached hydrogens (tertiary/aromatic N) is 3. The summed E-state index contributed by atoms with van der Waals surface area (Å²) >= 11 is 0. The zero-order valence-corrected chi connectivity index (χ0v) is 22.2. The minimum Gasteiger partial charge on any atom is -0.493 e. The molecule has 3 rings (SSSR count). The topological polar surface area (TPSA) is 75.5 Å². The van der Waals surface area contributed by atoms with Crippen molar-refractivity contribution in [3.63, 3.8) is 0 Å². The molecule has 206 valence electrons. The molecule has 2 aromatic heterocycles. The van der Waals surface area contributed by atoms with Crippen LogP contribution in [0.5, 0.6) is 11.5 Å². The molecule has 0 amide bonds. The van der Waals surface area contributed by atoms with Crippen LogP contribution < -0.4 is 9.47 Å². The van der Waals surface area contributed by atoms with E-state index in [9.17, 15) is 18.0 Å². The summed E-state index contributed by atoms with van der Waals surface area (Å²) in [5.74, 6) is 1.24. The van der Waals surface area contributed by atoms with Gasteiger partial charge in [0.1, 0.15) is 0 Å². The predicted molar refractivity (Wildman–Crippen MR) is 137 cm³/mol. The molecule has 0 aliphatic carbocycles. The quantitative estimate of drug-likeness (QED) is 0.189. The number of methoxy groups -OCH3 is 1. The van der Waals surface area contributed by atoms with Gasteiger partial charge in [0.2, 0.25) is 0 Å². The van der Waals surface area contributed by atoms with Crippen molar-refractivity contribution in [1.29, 1.82) is 0 Å². The zero-order valence-electron chi connectivity index (χ0n) is 22.2. The van der Waals surface area contributed by atoms with Gasteiger partial charge in [-0.25, -0.2) is 9.67 Å². The normalized spacial score (nSPS) is 11.6. The van der Waals surface area contributed by atoms with Crippen LogP contribution in [-0.4, -0.2) is 41.1 Å². The van der Waals surface area contributed by atoms with Crippen LogP contribution in [0.25, 0.3) is 5.82 Å². The maximum Gasteiger partial charge on any atom is 0.417 e. The smallest absolute Gasteiger partial charge is 0.417 e. The van der Waals surface area contributed by atoms with Crippen molar-refractivity contribution in [2.24, 2.45) is 0 Å². The molecule has 0 spiro atoms. The van der Waals surface area contributed by atoms with Crippen LogP contribution in [0.1, 0.15) is 68.3 Å². The number of carbonyl (C=O) groups is 1. The van der Waals surface area contributed by atoms with Gasteiger partial charge in [-0.05, 0) is 56.4 Å². The van der Waals surface area contributed by atoms with Gasteiger partial charge in [0, 0.05) is 23.9 Å². The van der Waals surface area contributed by atoms with Crippen molar-refractivity contribution in [3.8, 4) is 17.3 Å². The molecular weight excluding hydrogens is 499 g/mol. The van der Waals surface area contributed by atoms with Crippen molar-refractivity contribution in [3.05, 3.63) is 65.1 Å². The van der Waals surface area contributed by atoms with E-state index in [-0.39, 0.29) is 18.3 Å². The van der Waals surface area contributed by atoms with Crippen LogP contribution >= 0.6 is 0 Å². The van der Waals surface area contributed by atoms with Crippen molar-refractivity contribution < 1.29 is 32.2 Å². The average Bonchev–Trinajstić information content (AvgIpc) is 3.31. The summed E-state index contributed by atoms with van der Waals surface area (Å²) in [6.45, 7) is 6.59. The molecule has 0 radical (unpaired) electrons. The van der Waals surface area contributed by atoms with Gasteiger partial charge in [0.25, 0.3) is 0 Å². The van der Waals surface area contributed by atoms with Crippen LogP contribution in [-0.2, 0) is 28.5 Å². The molecule has 1 aromatic carbocycles. The number of halogens is 3. The molecule has 10 heteroatoms. The Labute approximate surface area is 220 Å². The van der Waals surface area contributed by atoms with Crippen molar-refractivity contribution in [2.45, 2.75) is 65.0 Å². The van der Waals surface area contributed by atoms with Gasteiger partial charge in [-0.2, -0.15) is 18.3 Å². The number of para-hydroxylation sites is 1. The summed E-state index contributed by atoms with van der Waals surface area (Å²) < 4.78 is 57.0. The van der Waals surface area contributed by atoms with E-state index in [1.807, 2.05) is 6.20 Å². The molecule has 3 aromatic rings. The SMILES string of the molecule is CCOC(=O)Cc1cccc(OC)c1OCCCc1cn(-c2ccc(C(F)(F)F)cn2)nc1C(CC)CC. The van der Waals surface area contributed by atoms with Crippen LogP contribution in [0.3, 0.4) is 0 Å². The number of hydrogen-bond acceptors (Lipinski definition) is 6. The third-order valence-corrected chi connectivity index (χ3v) is 6.26. The lowest BCUT2D eigenvalue weighted by atomic mass is 9.95. The lowest BCUT2D eigenvalue weighted by molar-refractivity contribution is -0.142. The highest BCUT2D eigenvalue weighted by Gasteiger charge is 2.31. The molecule has 0 bridgehead atoms. The predicted octanol–water partition coefficient (Wildman–Crippen LogP) is 6.32. The summed E-state index contributed by atoms with van der Waals surface area (Å²) in [4.78, 5) is 16.0. The van der Waals surface area contributed by atoms with Crippen LogP contribution in [0.15, 0.2) is 42.7 Å². The van der Waals surface area contributed by atoms with Gasteiger partial charge < -0.3 is 14.2 Å². The maximum absolute atomic E-state index is 12.9. The van der Waals surface area contributed by atoms with E-state index in [1.54, 1.807) is 36.9 Å². The highest BCUT2D eigenvalue weighted by molar-refractivity contribution is 5.74. The standard InChI is InChI=1S/C28H34F3N3O4/c1-5-19(6-2)26-21(18-34(33-26)24-14-13-22(17-32-24)28(29,30)31)11-9-15-38-27-20(16-25(35)37-7-3)10-8-12-23(27)36-4/h8,10,12-14,17-19H,5-7,9,11,15-16H2,1-4H3. The lowest BCUT2D eigenvalue weighted by Gasteiger charge is -2.15. The van der Waals surface area contributed by atoms with E-state index in [2.05, 4.69) is 18.8 Å². The highest BCUT2D eigenvalue weighted by atomic mass is 19.4. The zero-order chi connectivity index (χ0) is 27.7. The highest BCUT2D eigenvalue weighted by Crippen LogP contribution is 2.33. The molecule has 0 fully saturated rings. The Morgan fingerprint density at radius 3 is 2.45 bits per heavy atom. The molecule has 38 heavy (non-hydrogen) atoms. The van der Waals surface area contributed by atoms with Gasteiger partial charge in [-0.1, -0.05) is 26.0 Å². The van der Waals surface area contributed by atoms with E-state index in [4.69, 9.17) is 19.3 Å². The summed E-state index contributed by atoms with van der Waals surface area (Å²) in [6.07, 6.45) is 1.35. The second-order valence-corrected chi connectivity index (χ2v) is 8.78. The Kier molecular flexibility index (Phi) is 10.2. The number of pyridine rings is 1. The number of esters is 1. The number of aromatic nitrogens is 3. The van der Waals surface area contributed by atoms with Gasteiger partial charge in [-0.3, -0.25) is 4.79 Å². The van der Waals surface area contributed by atoms with E-state index >= 15 is 0 Å². The molecule has 0 atom stereocenters. The minimum absolute atomic E-state index is 0.0755. The summed E-state index contributed by atoms with van der Waals surface area (Å²) in [5.41, 5.74) is 1.79. The van der Waals surface area contributed by atoms with E-state index in [0.29, 0.717) is 48.9 Å². The number of carbonyl (C=O) groups excluding carboxylic acids is 1. The van der Waals surface area contributed by atoms with E-state index < -0.39 is 11.7 Å². The van der Waals surface area contributed by atoms with Gasteiger partial charge in [0.05, 0.1) is 38.0 Å². The largest absolute Gasteiger partial charge is 0.493 e.